The number of rotatable bonds is 11. The van der Waals surface area contributed by atoms with Crippen molar-refractivity contribution in [2.75, 3.05) is 0 Å². The number of carbonyl (C=O) groups excluding carboxylic acids is 2. The summed E-state index contributed by atoms with van der Waals surface area (Å²) in [5, 5.41) is 0. The number of carbonyl (C=O) groups is 2. The second kappa shape index (κ2) is 12.6. The minimum Gasteiger partial charge on any atom is -0.393 e. The van der Waals surface area contributed by atoms with Gasteiger partial charge in [-0.25, -0.2) is 0 Å². The Labute approximate surface area is 167 Å². The van der Waals surface area contributed by atoms with Crippen molar-refractivity contribution in [3.05, 3.63) is 0 Å². The third-order valence-corrected chi connectivity index (χ3v) is 6.92. The summed E-state index contributed by atoms with van der Waals surface area (Å²) in [6.07, 6.45) is 24.5. The fourth-order valence-corrected chi connectivity index (χ4v) is 5.33. The van der Waals surface area contributed by atoms with E-state index in [9.17, 15) is 9.59 Å². The quantitative estimate of drug-likeness (QED) is 0.218. The minimum atomic E-state index is -0.337. The van der Waals surface area contributed by atoms with E-state index >= 15 is 0 Å². The largest absolute Gasteiger partial charge is 0.393 e. The smallest absolute Gasteiger partial charge is 0.317 e. The van der Waals surface area contributed by atoms with E-state index in [1.54, 1.807) is 0 Å². The minimum absolute atomic E-state index is 0.158. The van der Waals surface area contributed by atoms with Crippen LogP contribution in [-0.2, 0) is 14.3 Å². The highest BCUT2D eigenvalue weighted by atomic mass is 16.6. The Bertz CT molecular complexity index is 433. The lowest BCUT2D eigenvalue weighted by molar-refractivity contribution is -0.153. The molecule has 2 rings (SSSR count). The van der Waals surface area contributed by atoms with Gasteiger partial charge in [-0.1, -0.05) is 90.4 Å². The Morgan fingerprint density at radius 2 is 1.41 bits per heavy atom. The molecule has 0 aromatic heterocycles. The summed E-state index contributed by atoms with van der Waals surface area (Å²) in [6.45, 7) is 2.36. The third-order valence-electron chi connectivity index (χ3n) is 6.92. The molecule has 2 fully saturated rings. The summed E-state index contributed by atoms with van der Waals surface area (Å²) in [4.78, 5) is 22.5. The molecule has 27 heavy (non-hydrogen) atoms. The van der Waals surface area contributed by atoms with Crippen LogP contribution in [0.25, 0.3) is 0 Å². The molecule has 1 unspecified atom stereocenters. The second-order valence-electron chi connectivity index (χ2n) is 9.23. The van der Waals surface area contributed by atoms with E-state index in [2.05, 4.69) is 11.7 Å². The van der Waals surface area contributed by atoms with Gasteiger partial charge in [0.1, 0.15) is 0 Å². The van der Waals surface area contributed by atoms with Crippen molar-refractivity contribution in [3.8, 4) is 0 Å². The van der Waals surface area contributed by atoms with E-state index in [4.69, 9.17) is 0 Å². The molecule has 1 saturated carbocycles. The van der Waals surface area contributed by atoms with Crippen molar-refractivity contribution >= 4 is 11.9 Å². The molecule has 0 amide bonds. The van der Waals surface area contributed by atoms with Gasteiger partial charge < -0.3 is 4.74 Å². The maximum Gasteiger partial charge on any atom is 0.317 e. The standard InChI is InChI=1S/C24H42O3/c1-2-16-24(18-13-9-5-6-10-14-19-24)17-12-8-4-3-7-11-15-21-20-22(25)27-23(21)26/h21H,2-20H2,1H3. The molecule has 1 saturated heterocycles. The SMILES string of the molecule is CCCC1(CCCCCCCCC2CC(=O)OC2=O)CCCCCCCC1. The van der Waals surface area contributed by atoms with Crippen LogP contribution in [-0.4, -0.2) is 11.9 Å². The van der Waals surface area contributed by atoms with E-state index in [1.165, 1.54) is 103 Å². The van der Waals surface area contributed by atoms with Gasteiger partial charge >= 0.3 is 11.9 Å². The number of cyclic esters (lactones) is 2. The lowest BCUT2D eigenvalue weighted by Crippen LogP contribution is -2.21. The average molecular weight is 379 g/mol. The topological polar surface area (TPSA) is 43.4 Å². The molecule has 156 valence electrons. The van der Waals surface area contributed by atoms with Gasteiger partial charge in [0.2, 0.25) is 0 Å². The molecule has 0 aromatic rings. The number of hydrogen-bond acceptors (Lipinski definition) is 3. The number of ether oxygens (including phenoxy) is 1. The van der Waals surface area contributed by atoms with Crippen molar-refractivity contribution in [3.63, 3.8) is 0 Å². The fraction of sp³-hybridized carbons (Fsp3) is 0.917. The molecule has 0 bridgehead atoms. The molecule has 1 heterocycles. The van der Waals surface area contributed by atoms with Crippen molar-refractivity contribution in [2.24, 2.45) is 11.3 Å². The molecule has 3 heteroatoms. The molecule has 0 N–H and O–H groups in total. The Morgan fingerprint density at radius 1 is 0.815 bits per heavy atom. The van der Waals surface area contributed by atoms with E-state index in [-0.39, 0.29) is 17.9 Å². The highest BCUT2D eigenvalue weighted by Gasteiger charge is 2.32. The first-order chi connectivity index (χ1) is 13.2. The second-order valence-corrected chi connectivity index (χ2v) is 9.23. The van der Waals surface area contributed by atoms with Crippen molar-refractivity contribution in [1.29, 1.82) is 0 Å². The summed E-state index contributed by atoms with van der Waals surface area (Å²) < 4.78 is 4.62. The van der Waals surface area contributed by atoms with E-state index in [0.717, 1.165) is 12.8 Å². The van der Waals surface area contributed by atoms with Gasteiger partial charge in [0, 0.05) is 0 Å². The van der Waals surface area contributed by atoms with Crippen LogP contribution in [0.1, 0.15) is 129 Å². The molecule has 2 aliphatic rings. The third kappa shape index (κ3) is 8.35. The van der Waals surface area contributed by atoms with E-state index in [1.807, 2.05) is 0 Å². The predicted octanol–water partition coefficient (Wildman–Crippen LogP) is 7.12. The van der Waals surface area contributed by atoms with Gasteiger partial charge in [-0.2, -0.15) is 0 Å². The van der Waals surface area contributed by atoms with Gasteiger partial charge in [-0.15, -0.1) is 0 Å². The average Bonchev–Trinajstić information content (AvgIpc) is 3.01. The van der Waals surface area contributed by atoms with E-state index in [0.29, 0.717) is 11.8 Å². The van der Waals surface area contributed by atoms with Gasteiger partial charge in [0.15, 0.2) is 0 Å². The monoisotopic (exact) mass is 378 g/mol. The molecular weight excluding hydrogens is 336 g/mol. The lowest BCUT2D eigenvalue weighted by Gasteiger charge is -2.34. The van der Waals surface area contributed by atoms with Crippen LogP contribution in [0.15, 0.2) is 0 Å². The van der Waals surface area contributed by atoms with Gasteiger partial charge in [-0.3, -0.25) is 9.59 Å². The van der Waals surface area contributed by atoms with Crippen LogP contribution >= 0.6 is 0 Å². The number of esters is 2. The molecule has 0 aromatic carbocycles. The maximum absolute atomic E-state index is 11.4. The highest BCUT2D eigenvalue weighted by molar-refractivity contribution is 5.94. The Balaban J connectivity index is 1.56. The van der Waals surface area contributed by atoms with Gasteiger partial charge in [0.05, 0.1) is 12.3 Å². The number of unbranched alkanes of at least 4 members (excludes halogenated alkanes) is 5. The van der Waals surface area contributed by atoms with Crippen LogP contribution < -0.4 is 0 Å². The van der Waals surface area contributed by atoms with Crippen LogP contribution in [0.3, 0.4) is 0 Å². The van der Waals surface area contributed by atoms with E-state index < -0.39 is 0 Å². The Kier molecular flexibility index (Phi) is 10.4. The molecule has 3 nitrogen and oxygen atoms in total. The van der Waals surface area contributed by atoms with Crippen LogP contribution in [0.5, 0.6) is 0 Å². The molecular formula is C24H42O3. The number of hydrogen-bond donors (Lipinski definition) is 0. The maximum atomic E-state index is 11.4. The molecule has 1 atom stereocenters. The molecule has 0 spiro atoms. The normalized spacial score (nSPS) is 23.5. The van der Waals surface area contributed by atoms with Crippen LogP contribution in [0.2, 0.25) is 0 Å². The summed E-state index contributed by atoms with van der Waals surface area (Å²) >= 11 is 0. The fourth-order valence-electron chi connectivity index (χ4n) is 5.33. The summed E-state index contributed by atoms with van der Waals surface area (Å²) in [5.74, 6) is -0.790. The van der Waals surface area contributed by atoms with Gasteiger partial charge in [0.25, 0.3) is 0 Å². The zero-order valence-electron chi connectivity index (χ0n) is 17.7. The first-order valence-electron chi connectivity index (χ1n) is 11.9. The molecule has 0 radical (unpaired) electrons. The molecule has 1 aliphatic heterocycles. The zero-order valence-corrected chi connectivity index (χ0v) is 17.7. The first kappa shape index (κ1) is 22.4. The van der Waals surface area contributed by atoms with Crippen molar-refractivity contribution in [1.82, 2.24) is 0 Å². The summed E-state index contributed by atoms with van der Waals surface area (Å²) in [7, 11) is 0. The lowest BCUT2D eigenvalue weighted by atomic mass is 9.71. The van der Waals surface area contributed by atoms with Gasteiger partial charge in [-0.05, 0) is 37.5 Å². The molecule has 1 aliphatic carbocycles. The predicted molar refractivity (Wildman–Crippen MR) is 110 cm³/mol. The highest BCUT2D eigenvalue weighted by Crippen LogP contribution is 2.42. The van der Waals surface area contributed by atoms with Crippen LogP contribution in [0.4, 0.5) is 0 Å². The van der Waals surface area contributed by atoms with Crippen LogP contribution in [0, 0.1) is 11.3 Å². The first-order valence-corrected chi connectivity index (χ1v) is 11.9. The van der Waals surface area contributed by atoms with Crippen molar-refractivity contribution in [2.45, 2.75) is 129 Å². The Morgan fingerprint density at radius 3 is 2.00 bits per heavy atom. The summed E-state index contributed by atoms with van der Waals surface area (Å²) in [5.41, 5.74) is 0.647. The Hall–Kier alpha value is -0.860. The zero-order chi connectivity index (χ0) is 19.4. The summed E-state index contributed by atoms with van der Waals surface area (Å²) in [6, 6.07) is 0. The van der Waals surface area contributed by atoms with Crippen molar-refractivity contribution < 1.29 is 14.3 Å².